The van der Waals surface area contributed by atoms with Gasteiger partial charge in [0.2, 0.25) is 0 Å². The van der Waals surface area contributed by atoms with Crippen molar-refractivity contribution >= 4 is 35.2 Å². The molecule has 3 aromatic heterocycles. The Morgan fingerprint density at radius 1 is 0.809 bits per heavy atom. The predicted molar refractivity (Wildman–Crippen MR) is 196 cm³/mol. The van der Waals surface area contributed by atoms with Crippen molar-refractivity contribution in [2.24, 2.45) is 5.92 Å². The second kappa shape index (κ2) is 14.7. The Kier molecular flexibility index (Phi) is 8.75. The van der Waals surface area contributed by atoms with Gasteiger partial charge in [-0.25, -0.2) is 0 Å². The van der Waals surface area contributed by atoms with Crippen molar-refractivity contribution in [3.8, 4) is 33.6 Å². The molecule has 0 saturated heterocycles. The maximum atomic E-state index is 8.55. The fourth-order valence-electron chi connectivity index (χ4n) is 5.49. The first-order valence-corrected chi connectivity index (χ1v) is 19.0. The largest absolute Gasteiger partial charge is 0.501 e. The molecule has 47 heavy (non-hydrogen) atoms. The van der Waals surface area contributed by atoms with Crippen LogP contribution in [-0.4, -0.2) is 18.0 Å². The van der Waals surface area contributed by atoms with Crippen molar-refractivity contribution in [2.45, 2.75) is 46.7 Å². The van der Waals surface area contributed by atoms with Gasteiger partial charge in [0.1, 0.15) is 5.58 Å². The molecular weight excluding hydrogens is 769 g/mol. The van der Waals surface area contributed by atoms with E-state index >= 15 is 0 Å². The number of hydrogen-bond donors (Lipinski definition) is 0. The first-order chi connectivity index (χ1) is 24.1. The van der Waals surface area contributed by atoms with Crippen LogP contribution in [0.4, 0.5) is 0 Å². The Labute approximate surface area is 300 Å². The third-order valence-corrected chi connectivity index (χ3v) is 9.71. The van der Waals surface area contributed by atoms with Crippen molar-refractivity contribution in [2.75, 3.05) is 0 Å². The van der Waals surface area contributed by atoms with E-state index in [1.54, 1.807) is 6.07 Å². The molecule has 4 aromatic carbocycles. The molecule has 3 nitrogen and oxygen atoms in total. The zero-order valence-electron chi connectivity index (χ0n) is 32.2. The Morgan fingerprint density at radius 3 is 2.34 bits per heavy atom. The summed E-state index contributed by atoms with van der Waals surface area (Å²) in [5, 5.41) is 3.06. The molecule has 0 N–H and O–H groups in total. The van der Waals surface area contributed by atoms with Crippen LogP contribution in [0.25, 0.3) is 55.6 Å². The molecule has 0 bridgehead atoms. The van der Waals surface area contributed by atoms with Crippen molar-refractivity contribution in [1.82, 2.24) is 9.97 Å². The third-order valence-electron chi connectivity index (χ3n) is 7.70. The standard InChI is InChI=1S/C24H16NO.C18H24NSi.Ir/c1-16-12-13-25-22(14-16)21-9-5-8-20-19-11-10-18(15-23(19)26-24(20)21)17-6-3-2-4-7-17;1-14(2)11-16-12-17(15-9-7-6-8-10-15)19-13-18(16)20(3,4)5;/h2-8,10-15H,1H3;6-9,12-14H,11H2,1-5H3;/q2*-1;/i1D3;11D2;. The van der Waals surface area contributed by atoms with E-state index in [9.17, 15) is 0 Å². The second-order valence-electron chi connectivity index (χ2n) is 12.6. The number of benzene rings is 4. The molecule has 0 spiro atoms. The maximum absolute atomic E-state index is 8.55. The van der Waals surface area contributed by atoms with Crippen molar-refractivity contribution < 1.29 is 31.4 Å². The minimum atomic E-state index is -2.19. The molecule has 0 fully saturated rings. The van der Waals surface area contributed by atoms with E-state index < -0.39 is 21.3 Å². The fourth-order valence-corrected chi connectivity index (χ4v) is 6.90. The van der Waals surface area contributed by atoms with Crippen LogP contribution in [0.5, 0.6) is 0 Å². The summed E-state index contributed by atoms with van der Waals surface area (Å²) in [5.41, 5.74) is 7.56. The molecule has 3 heterocycles. The fraction of sp³-hybridized carbons (Fsp3) is 0.190. The van der Waals surface area contributed by atoms with Gasteiger partial charge in [0.05, 0.1) is 13.7 Å². The summed E-state index contributed by atoms with van der Waals surface area (Å²) in [5.74, 6) is -0.0856. The van der Waals surface area contributed by atoms with E-state index in [4.69, 9.17) is 11.3 Å². The van der Waals surface area contributed by atoms with Crippen LogP contribution in [-0.2, 0) is 26.5 Å². The summed E-state index contributed by atoms with van der Waals surface area (Å²) in [4.78, 5) is 8.95. The number of pyridine rings is 2. The van der Waals surface area contributed by atoms with Crippen LogP contribution in [0, 0.1) is 24.9 Å². The van der Waals surface area contributed by atoms with Gasteiger partial charge in [-0.1, -0.05) is 110 Å². The topological polar surface area (TPSA) is 38.9 Å². The molecule has 1 radical (unpaired) electrons. The van der Waals surface area contributed by atoms with Crippen LogP contribution < -0.4 is 5.19 Å². The van der Waals surface area contributed by atoms with E-state index in [0.29, 0.717) is 16.8 Å². The SMILES string of the molecule is [2H]C([2H])([2H])c1ccnc(-c2[c-]ccc3c2oc2cc(-c4ccccc4)ccc23)c1.[2H]C([2H])(c1cc(-c2[c-]cccc2)ncc1[Si](C)(C)C)C(C)C.[Ir]. The number of fused-ring (bicyclic) bond motifs is 3. The summed E-state index contributed by atoms with van der Waals surface area (Å²) in [6.07, 6.45) is 2.04. The van der Waals surface area contributed by atoms with Gasteiger partial charge in [-0.2, -0.15) is 0 Å². The van der Waals surface area contributed by atoms with Gasteiger partial charge in [-0.3, -0.25) is 0 Å². The first-order valence-electron chi connectivity index (χ1n) is 18.0. The van der Waals surface area contributed by atoms with Crippen LogP contribution in [0.1, 0.15) is 31.8 Å². The minimum Gasteiger partial charge on any atom is -0.501 e. The summed E-state index contributed by atoms with van der Waals surface area (Å²) in [6.45, 7) is 8.38. The number of furan rings is 1. The van der Waals surface area contributed by atoms with Crippen molar-refractivity contribution in [3.63, 3.8) is 0 Å². The number of nitrogens with zero attached hydrogens (tertiary/aromatic N) is 2. The summed E-state index contributed by atoms with van der Waals surface area (Å²) in [6, 6.07) is 39.2. The summed E-state index contributed by atoms with van der Waals surface area (Å²) >= 11 is 0. The Hall–Kier alpha value is -4.15. The Balaban J connectivity index is 0.000000205. The number of hydrogen-bond acceptors (Lipinski definition) is 3. The van der Waals surface area contributed by atoms with E-state index in [1.807, 2.05) is 86.8 Å². The van der Waals surface area contributed by atoms with Crippen LogP contribution >= 0.6 is 0 Å². The third kappa shape index (κ3) is 7.88. The van der Waals surface area contributed by atoms with Crippen LogP contribution in [0.2, 0.25) is 19.6 Å². The molecule has 7 aromatic rings. The second-order valence-corrected chi connectivity index (χ2v) is 17.7. The quantitative estimate of drug-likeness (QED) is 0.124. The zero-order valence-corrected chi connectivity index (χ0v) is 30.6. The first kappa shape index (κ1) is 27.9. The molecule has 239 valence electrons. The van der Waals surface area contributed by atoms with Gasteiger partial charge >= 0.3 is 0 Å². The molecule has 0 amide bonds. The zero-order chi connectivity index (χ0) is 36.6. The van der Waals surface area contributed by atoms with E-state index in [0.717, 1.165) is 49.5 Å². The maximum Gasteiger partial charge on any atom is 0.121 e. The van der Waals surface area contributed by atoms with Gasteiger partial charge in [0.15, 0.2) is 0 Å². The number of rotatable bonds is 6. The van der Waals surface area contributed by atoms with Gasteiger partial charge in [0.25, 0.3) is 0 Å². The number of aryl methyl sites for hydroxylation is 1. The van der Waals surface area contributed by atoms with E-state index in [-0.39, 0.29) is 31.6 Å². The normalized spacial score (nSPS) is 13.4. The average molecular weight is 814 g/mol. The molecule has 5 heteroatoms. The van der Waals surface area contributed by atoms with Gasteiger partial charge in [-0.05, 0) is 59.0 Å². The predicted octanol–water partition coefficient (Wildman–Crippen LogP) is 10.7. The summed E-state index contributed by atoms with van der Waals surface area (Å²) in [7, 11) is -1.67. The molecule has 0 aliphatic heterocycles. The van der Waals surface area contributed by atoms with E-state index in [1.165, 1.54) is 12.3 Å². The smallest absolute Gasteiger partial charge is 0.121 e. The summed E-state index contributed by atoms with van der Waals surface area (Å²) < 4.78 is 46.3. The van der Waals surface area contributed by atoms with Crippen molar-refractivity contribution in [3.05, 3.63) is 139 Å². The molecule has 0 aliphatic rings. The minimum absolute atomic E-state index is 0. The Bertz CT molecular complexity index is 2300. The molecular formula is C42H40IrN2OSi-2. The number of aromatic nitrogens is 2. The van der Waals surface area contributed by atoms with Crippen LogP contribution in [0.3, 0.4) is 0 Å². The molecule has 7 rings (SSSR count). The monoisotopic (exact) mass is 814 g/mol. The molecule has 0 atom stereocenters. The molecule has 0 unspecified atom stereocenters. The van der Waals surface area contributed by atoms with Gasteiger partial charge < -0.3 is 14.4 Å². The molecule has 0 aliphatic carbocycles. The van der Waals surface area contributed by atoms with Gasteiger partial charge in [0, 0.05) is 44.7 Å². The molecule has 0 saturated carbocycles. The van der Waals surface area contributed by atoms with Gasteiger partial charge in [-0.15, -0.1) is 54.1 Å². The van der Waals surface area contributed by atoms with Crippen molar-refractivity contribution in [1.29, 1.82) is 0 Å². The van der Waals surface area contributed by atoms with E-state index in [2.05, 4.69) is 66.0 Å². The Morgan fingerprint density at radius 2 is 1.62 bits per heavy atom. The van der Waals surface area contributed by atoms with Crippen LogP contribution in [0.15, 0.2) is 120 Å². The average Bonchev–Trinajstić information content (AvgIpc) is 3.50.